The maximum atomic E-state index is 6.22. The molecule has 2 unspecified atom stereocenters. The van der Waals surface area contributed by atoms with Crippen LogP contribution in [0.3, 0.4) is 0 Å². The van der Waals surface area contributed by atoms with Gasteiger partial charge in [0.05, 0.1) is 18.1 Å². The third kappa shape index (κ3) is 2.53. The largest absolute Gasteiger partial charge is 0.326 e. The van der Waals surface area contributed by atoms with Gasteiger partial charge in [0.2, 0.25) is 0 Å². The Hall–Kier alpha value is -1.03. The lowest BCUT2D eigenvalue weighted by Gasteiger charge is -2.19. The van der Waals surface area contributed by atoms with Crippen LogP contribution in [0.2, 0.25) is 10.0 Å². The first-order valence-corrected chi connectivity index (χ1v) is 6.48. The fourth-order valence-electron chi connectivity index (χ4n) is 1.98. The summed E-state index contributed by atoms with van der Waals surface area (Å²) in [4.78, 5) is 4.15. The molecule has 0 aliphatic rings. The Bertz CT molecular complexity index is 549. The van der Waals surface area contributed by atoms with Gasteiger partial charge in [0.25, 0.3) is 0 Å². The molecule has 0 aliphatic heterocycles. The summed E-state index contributed by atoms with van der Waals surface area (Å²) >= 11 is 12.1. The number of hydrogen-bond acceptors (Lipinski definition) is 2. The highest BCUT2D eigenvalue weighted by Gasteiger charge is 2.16. The van der Waals surface area contributed by atoms with Crippen molar-refractivity contribution < 1.29 is 0 Å². The zero-order chi connectivity index (χ0) is 13.3. The molecule has 3 nitrogen and oxygen atoms in total. The normalized spacial score (nSPS) is 14.5. The summed E-state index contributed by atoms with van der Waals surface area (Å²) in [6, 6.07) is 5.51. The molecule has 96 valence electrons. The number of nitrogens with two attached hydrogens (primary N) is 1. The van der Waals surface area contributed by atoms with Crippen LogP contribution in [0, 0.1) is 0 Å². The lowest BCUT2D eigenvalue weighted by Crippen LogP contribution is -2.15. The number of benzene rings is 1. The van der Waals surface area contributed by atoms with Crippen molar-refractivity contribution in [2.75, 3.05) is 0 Å². The molecule has 0 spiro atoms. The zero-order valence-electron chi connectivity index (χ0n) is 10.3. The Kier molecular flexibility index (Phi) is 3.95. The molecule has 1 aromatic heterocycles. The minimum absolute atomic E-state index is 0.0678. The highest BCUT2D eigenvalue weighted by atomic mass is 35.5. The van der Waals surface area contributed by atoms with Crippen molar-refractivity contribution in [1.29, 1.82) is 0 Å². The molecule has 0 saturated carbocycles. The van der Waals surface area contributed by atoms with Crippen LogP contribution < -0.4 is 5.73 Å². The fourth-order valence-corrected chi connectivity index (χ4v) is 2.55. The van der Waals surface area contributed by atoms with Gasteiger partial charge >= 0.3 is 0 Å². The first-order chi connectivity index (χ1) is 8.50. The molecule has 18 heavy (non-hydrogen) atoms. The van der Waals surface area contributed by atoms with Crippen LogP contribution in [0.5, 0.6) is 0 Å². The van der Waals surface area contributed by atoms with Gasteiger partial charge in [-0.1, -0.05) is 29.3 Å². The lowest BCUT2D eigenvalue weighted by molar-refractivity contribution is 0.582. The molecular formula is C13H15Cl2N3. The van der Waals surface area contributed by atoms with Gasteiger partial charge in [0, 0.05) is 22.3 Å². The SMILES string of the molecule is CC(N)c1cncn1C(C)c1ccc(Cl)cc1Cl. The summed E-state index contributed by atoms with van der Waals surface area (Å²) in [6.45, 7) is 3.99. The molecule has 0 aliphatic carbocycles. The van der Waals surface area contributed by atoms with Crippen LogP contribution in [0.1, 0.15) is 37.2 Å². The van der Waals surface area contributed by atoms with Crippen molar-refractivity contribution in [2.45, 2.75) is 25.9 Å². The molecule has 2 atom stereocenters. The minimum Gasteiger partial charge on any atom is -0.326 e. The third-order valence-electron chi connectivity index (χ3n) is 2.99. The van der Waals surface area contributed by atoms with E-state index in [0.29, 0.717) is 10.0 Å². The van der Waals surface area contributed by atoms with Crippen molar-refractivity contribution >= 4 is 23.2 Å². The number of nitrogens with zero attached hydrogens (tertiary/aromatic N) is 2. The summed E-state index contributed by atoms with van der Waals surface area (Å²) < 4.78 is 2.03. The van der Waals surface area contributed by atoms with E-state index >= 15 is 0 Å². The zero-order valence-corrected chi connectivity index (χ0v) is 11.8. The van der Waals surface area contributed by atoms with Crippen LogP contribution in [-0.4, -0.2) is 9.55 Å². The van der Waals surface area contributed by atoms with Gasteiger partial charge in [0.15, 0.2) is 0 Å². The van der Waals surface area contributed by atoms with Gasteiger partial charge in [-0.2, -0.15) is 0 Å². The molecule has 2 rings (SSSR count). The predicted molar refractivity (Wildman–Crippen MR) is 75.1 cm³/mol. The van der Waals surface area contributed by atoms with E-state index in [-0.39, 0.29) is 12.1 Å². The molecule has 1 aromatic carbocycles. The second-order valence-corrected chi connectivity index (χ2v) is 5.20. The van der Waals surface area contributed by atoms with E-state index in [1.165, 1.54) is 0 Å². The van der Waals surface area contributed by atoms with E-state index in [1.807, 2.05) is 23.6 Å². The van der Waals surface area contributed by atoms with Gasteiger partial charge in [0.1, 0.15) is 0 Å². The van der Waals surface area contributed by atoms with Gasteiger partial charge in [-0.15, -0.1) is 0 Å². The number of aromatic nitrogens is 2. The summed E-state index contributed by atoms with van der Waals surface area (Å²) in [5, 5.41) is 1.29. The van der Waals surface area contributed by atoms with E-state index in [1.54, 1.807) is 18.6 Å². The molecular weight excluding hydrogens is 269 g/mol. The molecule has 0 saturated heterocycles. The molecule has 0 amide bonds. The topological polar surface area (TPSA) is 43.8 Å². The van der Waals surface area contributed by atoms with Gasteiger partial charge in [-0.25, -0.2) is 4.98 Å². The Morgan fingerprint density at radius 2 is 2.00 bits per heavy atom. The second kappa shape index (κ2) is 5.31. The minimum atomic E-state index is -0.0685. The van der Waals surface area contributed by atoms with Crippen LogP contribution in [0.25, 0.3) is 0 Å². The standard InChI is InChI=1S/C13H15Cl2N3/c1-8(16)13-6-17-7-18(13)9(2)11-4-3-10(14)5-12(11)15/h3-9H,16H2,1-2H3. The molecule has 5 heteroatoms. The summed E-state index contributed by atoms with van der Waals surface area (Å²) in [5.74, 6) is 0. The van der Waals surface area contributed by atoms with Crippen molar-refractivity contribution in [2.24, 2.45) is 5.73 Å². The lowest BCUT2D eigenvalue weighted by atomic mass is 10.1. The number of hydrogen-bond donors (Lipinski definition) is 1. The van der Waals surface area contributed by atoms with Crippen LogP contribution in [-0.2, 0) is 0 Å². The summed E-state index contributed by atoms with van der Waals surface area (Å²) in [7, 11) is 0. The second-order valence-electron chi connectivity index (χ2n) is 4.36. The van der Waals surface area contributed by atoms with Gasteiger partial charge < -0.3 is 10.3 Å². The van der Waals surface area contributed by atoms with Crippen LogP contribution in [0.15, 0.2) is 30.7 Å². The molecule has 2 N–H and O–H groups in total. The maximum Gasteiger partial charge on any atom is 0.0954 e. The third-order valence-corrected chi connectivity index (χ3v) is 3.55. The van der Waals surface area contributed by atoms with E-state index in [0.717, 1.165) is 11.3 Å². The molecule has 1 heterocycles. The van der Waals surface area contributed by atoms with E-state index in [4.69, 9.17) is 28.9 Å². The van der Waals surface area contributed by atoms with Crippen LogP contribution in [0.4, 0.5) is 0 Å². The number of halogens is 2. The smallest absolute Gasteiger partial charge is 0.0954 e. The summed E-state index contributed by atoms with van der Waals surface area (Å²) in [6.07, 6.45) is 3.55. The van der Waals surface area contributed by atoms with Crippen LogP contribution >= 0.6 is 23.2 Å². The molecule has 0 bridgehead atoms. The Morgan fingerprint density at radius 3 is 2.61 bits per heavy atom. The average molecular weight is 284 g/mol. The van der Waals surface area contributed by atoms with Crippen molar-refractivity contribution in [1.82, 2.24) is 9.55 Å². The van der Waals surface area contributed by atoms with Crippen molar-refractivity contribution in [3.05, 3.63) is 52.0 Å². The number of rotatable bonds is 3. The summed E-state index contributed by atoms with van der Waals surface area (Å²) in [5.41, 5.74) is 7.90. The average Bonchev–Trinajstić information content (AvgIpc) is 2.77. The van der Waals surface area contributed by atoms with E-state index in [9.17, 15) is 0 Å². The highest BCUT2D eigenvalue weighted by molar-refractivity contribution is 6.35. The van der Waals surface area contributed by atoms with E-state index < -0.39 is 0 Å². The van der Waals surface area contributed by atoms with E-state index in [2.05, 4.69) is 11.9 Å². The highest BCUT2D eigenvalue weighted by Crippen LogP contribution is 2.29. The first-order valence-electron chi connectivity index (χ1n) is 5.73. The molecule has 2 aromatic rings. The Balaban J connectivity index is 2.41. The maximum absolute atomic E-state index is 6.22. The number of imidazole rings is 1. The van der Waals surface area contributed by atoms with Gasteiger partial charge in [-0.05, 0) is 31.5 Å². The van der Waals surface area contributed by atoms with Crippen molar-refractivity contribution in [3.8, 4) is 0 Å². The first kappa shape index (κ1) is 13.4. The Labute approximate surface area is 117 Å². The van der Waals surface area contributed by atoms with Crippen molar-refractivity contribution in [3.63, 3.8) is 0 Å². The molecule has 0 radical (unpaired) electrons. The fraction of sp³-hybridized carbons (Fsp3) is 0.308. The monoisotopic (exact) mass is 283 g/mol. The quantitative estimate of drug-likeness (QED) is 0.931. The van der Waals surface area contributed by atoms with Gasteiger partial charge in [-0.3, -0.25) is 0 Å². The Morgan fingerprint density at radius 1 is 1.28 bits per heavy atom. The predicted octanol–water partition coefficient (Wildman–Crippen LogP) is 3.82. The molecule has 0 fully saturated rings.